The number of hydrogen-bond donors (Lipinski definition) is 2. The van der Waals surface area contributed by atoms with Crippen molar-refractivity contribution in [3.05, 3.63) is 35.6 Å². The third kappa shape index (κ3) is 4.87. The Morgan fingerprint density at radius 2 is 1.83 bits per heavy atom. The minimum absolute atomic E-state index is 0.146. The Labute approximate surface area is 142 Å². The molecule has 24 heavy (non-hydrogen) atoms. The van der Waals surface area contributed by atoms with Crippen molar-refractivity contribution in [3.8, 4) is 0 Å². The predicted molar refractivity (Wildman–Crippen MR) is 86.8 cm³/mol. The van der Waals surface area contributed by atoms with E-state index in [4.69, 9.17) is 5.11 Å². The largest absolute Gasteiger partial charge is 0.598 e. The number of rotatable bonds is 7. The first-order valence-corrected chi connectivity index (χ1v) is 8.50. The number of carboxylic acid groups (broad SMARTS) is 1. The summed E-state index contributed by atoms with van der Waals surface area (Å²) < 4.78 is 56.6. The topological polar surface area (TPSA) is 72.4 Å². The van der Waals surface area contributed by atoms with Crippen LogP contribution in [0.3, 0.4) is 0 Å². The molecule has 0 aliphatic carbocycles. The number of hydrogen-bond acceptors (Lipinski definition) is 3. The predicted octanol–water partition coefficient (Wildman–Crippen LogP) is 3.24. The van der Waals surface area contributed by atoms with Crippen LogP contribution in [0.5, 0.6) is 0 Å². The van der Waals surface area contributed by atoms with Crippen molar-refractivity contribution in [1.29, 1.82) is 0 Å². The van der Waals surface area contributed by atoms with Crippen LogP contribution in [-0.4, -0.2) is 32.7 Å². The molecule has 4 nitrogen and oxygen atoms in total. The van der Waals surface area contributed by atoms with Gasteiger partial charge in [0, 0.05) is 23.3 Å². The second kappa shape index (κ2) is 7.76. The molecule has 0 fully saturated rings. The quantitative estimate of drug-likeness (QED) is 0.728. The van der Waals surface area contributed by atoms with Crippen LogP contribution >= 0.6 is 0 Å². The van der Waals surface area contributed by atoms with Gasteiger partial charge in [0.1, 0.15) is 22.3 Å². The molecule has 0 spiro atoms. The van der Waals surface area contributed by atoms with Gasteiger partial charge in [0.15, 0.2) is 6.17 Å². The summed E-state index contributed by atoms with van der Waals surface area (Å²) in [7, 11) is 0. The monoisotopic (exact) mass is 365 g/mol. The van der Waals surface area contributed by atoms with Gasteiger partial charge >= 0.3 is 5.97 Å². The molecule has 0 aliphatic heterocycles. The van der Waals surface area contributed by atoms with Gasteiger partial charge in [-0.25, -0.2) is 18.0 Å². The molecule has 0 saturated carbocycles. The van der Waals surface area contributed by atoms with Gasteiger partial charge < -0.3 is 9.66 Å². The number of nitrogens with one attached hydrogen (secondary N) is 1. The van der Waals surface area contributed by atoms with E-state index in [0.29, 0.717) is 0 Å². The number of halogens is 3. The van der Waals surface area contributed by atoms with E-state index in [0.717, 1.165) is 6.07 Å². The zero-order valence-electron chi connectivity index (χ0n) is 14.0. The summed E-state index contributed by atoms with van der Waals surface area (Å²) in [4.78, 5) is 10.7. The summed E-state index contributed by atoms with van der Waals surface area (Å²) in [6, 6.07) is 5.27. The zero-order chi connectivity index (χ0) is 18.7. The lowest BCUT2D eigenvalue weighted by Crippen LogP contribution is -2.55. The molecular weight excluding hydrogens is 343 g/mol. The Bertz CT molecular complexity index is 582. The summed E-state index contributed by atoms with van der Waals surface area (Å²) in [5.41, 5.74) is -2.00. The van der Waals surface area contributed by atoms with Crippen LogP contribution in [0, 0.1) is 5.82 Å². The molecule has 0 radical (unpaired) electrons. The van der Waals surface area contributed by atoms with Crippen molar-refractivity contribution >= 4 is 17.3 Å². The summed E-state index contributed by atoms with van der Waals surface area (Å²) in [5.74, 6) is -2.56. The van der Waals surface area contributed by atoms with Crippen molar-refractivity contribution < 1.29 is 27.6 Å². The van der Waals surface area contributed by atoms with Crippen LogP contribution < -0.4 is 4.72 Å². The van der Waals surface area contributed by atoms with Crippen LogP contribution in [0.4, 0.5) is 13.2 Å². The normalized spacial score (nSPS) is 18.5. The van der Waals surface area contributed by atoms with Gasteiger partial charge in [0.05, 0.1) is 0 Å². The Morgan fingerprint density at radius 1 is 1.29 bits per heavy atom. The van der Waals surface area contributed by atoms with Crippen molar-refractivity contribution in [2.45, 2.75) is 56.7 Å². The van der Waals surface area contributed by atoms with E-state index in [1.165, 1.54) is 25.1 Å². The SMILES string of the molecule is CC(N[S+]([O-])C(C)(C)C)(c1ccccc1F)[C@@H](F)CC(F)C(=O)O. The number of benzene rings is 1. The van der Waals surface area contributed by atoms with Gasteiger partial charge in [-0.15, -0.1) is 4.72 Å². The van der Waals surface area contributed by atoms with E-state index < -0.39 is 52.2 Å². The van der Waals surface area contributed by atoms with E-state index in [1.54, 1.807) is 20.8 Å². The van der Waals surface area contributed by atoms with Gasteiger partial charge in [-0.2, -0.15) is 0 Å². The molecule has 1 rings (SSSR count). The maximum Gasteiger partial charge on any atom is 0.338 e. The fraction of sp³-hybridized carbons (Fsp3) is 0.562. The fourth-order valence-electron chi connectivity index (χ4n) is 2.03. The minimum atomic E-state index is -2.45. The molecule has 4 atom stereocenters. The van der Waals surface area contributed by atoms with Gasteiger partial charge in [-0.3, -0.25) is 0 Å². The van der Waals surface area contributed by atoms with Crippen LogP contribution in [0.2, 0.25) is 0 Å². The third-order valence-electron chi connectivity index (χ3n) is 3.60. The molecule has 1 aromatic carbocycles. The van der Waals surface area contributed by atoms with E-state index in [-0.39, 0.29) is 5.56 Å². The first-order valence-electron chi connectivity index (χ1n) is 7.35. The second-order valence-electron chi connectivity index (χ2n) is 6.67. The molecule has 2 N–H and O–H groups in total. The van der Waals surface area contributed by atoms with Gasteiger partial charge in [-0.05, 0) is 33.8 Å². The van der Waals surface area contributed by atoms with Gasteiger partial charge in [0.2, 0.25) is 0 Å². The van der Waals surface area contributed by atoms with E-state index in [1.807, 2.05) is 0 Å². The highest BCUT2D eigenvalue weighted by Crippen LogP contribution is 2.34. The fourth-order valence-corrected chi connectivity index (χ4v) is 2.96. The van der Waals surface area contributed by atoms with E-state index in [9.17, 15) is 22.5 Å². The number of aliphatic carboxylic acids is 1. The Kier molecular flexibility index (Phi) is 6.72. The van der Waals surface area contributed by atoms with Crippen LogP contribution in [-0.2, 0) is 21.7 Å². The summed E-state index contributed by atoms with van der Waals surface area (Å²) in [6.45, 7) is 6.16. The number of alkyl halides is 2. The maximum absolute atomic E-state index is 14.8. The number of carbonyl (C=O) groups is 1. The third-order valence-corrected chi connectivity index (χ3v) is 5.32. The second-order valence-corrected chi connectivity index (χ2v) is 8.64. The van der Waals surface area contributed by atoms with Crippen molar-refractivity contribution in [3.63, 3.8) is 0 Å². The molecular formula is C16H22F3NO3S. The first kappa shape index (κ1) is 20.8. The molecule has 3 unspecified atom stereocenters. The lowest BCUT2D eigenvalue weighted by atomic mass is 9.85. The molecule has 1 aromatic rings. The molecule has 0 saturated heterocycles. The lowest BCUT2D eigenvalue weighted by molar-refractivity contribution is -0.143. The molecule has 0 amide bonds. The summed E-state index contributed by atoms with van der Waals surface area (Å²) >= 11 is -1.79. The van der Waals surface area contributed by atoms with E-state index in [2.05, 4.69) is 4.72 Å². The minimum Gasteiger partial charge on any atom is -0.598 e. The van der Waals surface area contributed by atoms with Crippen LogP contribution in [0.1, 0.15) is 39.7 Å². The molecule has 0 aliphatic rings. The average molecular weight is 365 g/mol. The first-order chi connectivity index (χ1) is 10.9. The Balaban J connectivity index is 3.25. The van der Waals surface area contributed by atoms with Crippen molar-refractivity contribution in [2.75, 3.05) is 0 Å². The number of carboxylic acids is 1. The summed E-state index contributed by atoms with van der Waals surface area (Å²) in [6.07, 6.45) is -5.56. The highest BCUT2D eigenvalue weighted by molar-refractivity contribution is 7.90. The van der Waals surface area contributed by atoms with Crippen molar-refractivity contribution in [2.24, 2.45) is 0 Å². The molecule has 0 bridgehead atoms. The molecule has 0 heterocycles. The Hall–Kier alpha value is -1.25. The average Bonchev–Trinajstić information content (AvgIpc) is 2.46. The van der Waals surface area contributed by atoms with E-state index >= 15 is 0 Å². The highest BCUT2D eigenvalue weighted by Gasteiger charge is 2.46. The standard InChI is InChI=1S/C16H22F3NO3S/c1-15(2,3)24(23)20-16(4,10-7-5-6-8-11(10)17)13(19)9-12(18)14(21)22/h5-8,12-13,20H,9H2,1-4H3,(H,21,22)/t12?,13-,16?,24?/m0/s1. The lowest BCUT2D eigenvalue weighted by Gasteiger charge is -2.37. The zero-order valence-corrected chi connectivity index (χ0v) is 14.8. The molecule has 8 heteroatoms. The molecule has 136 valence electrons. The van der Waals surface area contributed by atoms with Crippen LogP contribution in [0.25, 0.3) is 0 Å². The highest BCUT2D eigenvalue weighted by atomic mass is 32.2. The Morgan fingerprint density at radius 3 is 2.29 bits per heavy atom. The summed E-state index contributed by atoms with van der Waals surface area (Å²) in [5, 5.41) is 8.64. The smallest absolute Gasteiger partial charge is 0.338 e. The van der Waals surface area contributed by atoms with Crippen molar-refractivity contribution in [1.82, 2.24) is 4.72 Å². The van der Waals surface area contributed by atoms with Crippen LogP contribution in [0.15, 0.2) is 24.3 Å². The van der Waals surface area contributed by atoms with Gasteiger partial charge in [-0.1, -0.05) is 18.2 Å². The van der Waals surface area contributed by atoms with Gasteiger partial charge in [0.25, 0.3) is 0 Å². The maximum atomic E-state index is 14.8. The molecule has 0 aromatic heterocycles.